The van der Waals surface area contributed by atoms with E-state index in [1.807, 2.05) is 0 Å². The molecular formula is C24H24N2O8S. The van der Waals surface area contributed by atoms with Gasteiger partial charge < -0.3 is 14.2 Å². The Kier molecular flexibility index (Phi) is 8.48. The number of thioether (sulfide) groups is 1. The van der Waals surface area contributed by atoms with E-state index in [1.165, 1.54) is 18.2 Å². The fourth-order valence-corrected chi connectivity index (χ4v) is 3.98. The summed E-state index contributed by atoms with van der Waals surface area (Å²) in [6.07, 6.45) is 1.18. The van der Waals surface area contributed by atoms with Gasteiger partial charge in [0.1, 0.15) is 13.2 Å². The summed E-state index contributed by atoms with van der Waals surface area (Å²) in [7, 11) is 0. The predicted octanol–water partition coefficient (Wildman–Crippen LogP) is 4.56. The lowest BCUT2D eigenvalue weighted by Crippen LogP contribution is -2.35. The molecule has 2 amide bonds. The van der Waals surface area contributed by atoms with Crippen LogP contribution in [-0.2, 0) is 20.9 Å². The van der Waals surface area contributed by atoms with Crippen molar-refractivity contribution in [2.45, 2.75) is 33.5 Å². The van der Waals surface area contributed by atoms with Crippen molar-refractivity contribution in [3.8, 4) is 11.5 Å². The van der Waals surface area contributed by atoms with E-state index in [9.17, 15) is 24.5 Å². The van der Waals surface area contributed by atoms with Gasteiger partial charge in [-0.1, -0.05) is 18.2 Å². The van der Waals surface area contributed by atoms with Gasteiger partial charge in [0, 0.05) is 12.1 Å². The number of hydrogen-bond donors (Lipinski definition) is 0. The van der Waals surface area contributed by atoms with Gasteiger partial charge in [-0.15, -0.1) is 0 Å². The molecule has 2 aromatic carbocycles. The monoisotopic (exact) mass is 500 g/mol. The third-order valence-corrected chi connectivity index (χ3v) is 5.52. The molecule has 0 radical (unpaired) electrons. The van der Waals surface area contributed by atoms with Gasteiger partial charge in [0.05, 0.1) is 22.5 Å². The number of imide groups is 1. The van der Waals surface area contributed by atoms with Crippen LogP contribution in [0.2, 0.25) is 0 Å². The Morgan fingerprint density at radius 1 is 1.14 bits per heavy atom. The minimum atomic E-state index is -0.660. The number of nitro groups is 1. The largest absolute Gasteiger partial charge is 0.490 e. The summed E-state index contributed by atoms with van der Waals surface area (Å²) in [6.45, 7) is 5.16. The van der Waals surface area contributed by atoms with Crippen molar-refractivity contribution in [3.63, 3.8) is 0 Å². The Morgan fingerprint density at radius 2 is 1.91 bits per heavy atom. The van der Waals surface area contributed by atoms with E-state index in [-0.39, 0.29) is 23.3 Å². The Morgan fingerprint density at radius 3 is 2.60 bits per heavy atom. The van der Waals surface area contributed by atoms with Gasteiger partial charge in [-0.2, -0.15) is 0 Å². The summed E-state index contributed by atoms with van der Waals surface area (Å²) in [6, 6.07) is 11.1. The molecule has 3 rings (SSSR count). The van der Waals surface area contributed by atoms with Gasteiger partial charge >= 0.3 is 5.97 Å². The lowest BCUT2D eigenvalue weighted by Gasteiger charge is -2.13. The van der Waals surface area contributed by atoms with Crippen LogP contribution < -0.4 is 9.47 Å². The van der Waals surface area contributed by atoms with Crippen molar-refractivity contribution < 1.29 is 33.5 Å². The SMILES string of the molecule is CCOc1cc(/C=C2\SC(=O)N(CC(=O)OC(C)C)C2=O)ccc1OCc1cccc([N+](=O)[O-])c1. The Bertz CT molecular complexity index is 1180. The van der Waals surface area contributed by atoms with Gasteiger partial charge in [-0.3, -0.25) is 29.4 Å². The van der Waals surface area contributed by atoms with Crippen molar-refractivity contribution in [2.24, 2.45) is 0 Å². The quantitative estimate of drug-likeness (QED) is 0.200. The number of nitrogens with zero attached hydrogens (tertiary/aromatic N) is 2. The van der Waals surface area contributed by atoms with Crippen LogP contribution in [0.3, 0.4) is 0 Å². The number of amides is 2. The van der Waals surface area contributed by atoms with Crippen LogP contribution in [0.25, 0.3) is 6.08 Å². The molecule has 1 heterocycles. The first-order chi connectivity index (χ1) is 16.7. The molecule has 0 bridgehead atoms. The van der Waals surface area contributed by atoms with Crippen LogP contribution in [0.1, 0.15) is 31.9 Å². The maximum absolute atomic E-state index is 12.7. The number of nitro benzene ring substituents is 1. The molecule has 0 saturated carbocycles. The molecule has 1 aliphatic rings. The molecule has 35 heavy (non-hydrogen) atoms. The number of ether oxygens (including phenoxy) is 3. The molecule has 0 spiro atoms. The predicted molar refractivity (Wildman–Crippen MR) is 129 cm³/mol. The molecule has 0 aliphatic carbocycles. The number of esters is 1. The first-order valence-electron chi connectivity index (χ1n) is 10.8. The smallest absolute Gasteiger partial charge is 0.326 e. The molecule has 2 aromatic rings. The zero-order valence-electron chi connectivity index (χ0n) is 19.4. The van der Waals surface area contributed by atoms with Crippen molar-refractivity contribution in [3.05, 3.63) is 68.6 Å². The average Bonchev–Trinajstić information content (AvgIpc) is 3.05. The Labute approximate surface area is 206 Å². The van der Waals surface area contributed by atoms with Crippen molar-refractivity contribution in [2.75, 3.05) is 13.2 Å². The number of carbonyl (C=O) groups excluding carboxylic acids is 3. The van der Waals surface area contributed by atoms with Crippen LogP contribution in [0.5, 0.6) is 11.5 Å². The highest BCUT2D eigenvalue weighted by Crippen LogP contribution is 2.35. The zero-order valence-corrected chi connectivity index (χ0v) is 20.2. The maximum Gasteiger partial charge on any atom is 0.326 e. The molecule has 1 saturated heterocycles. The van der Waals surface area contributed by atoms with Gasteiger partial charge in [0.2, 0.25) is 0 Å². The van der Waals surface area contributed by atoms with Crippen LogP contribution in [-0.4, -0.2) is 46.2 Å². The van der Waals surface area contributed by atoms with Gasteiger partial charge in [-0.25, -0.2) is 0 Å². The Hall–Kier alpha value is -3.86. The van der Waals surface area contributed by atoms with Crippen LogP contribution in [0, 0.1) is 10.1 Å². The third kappa shape index (κ3) is 6.82. The standard InChI is InChI=1S/C24H24N2O8S/c1-4-32-20-11-16(8-9-19(20)33-14-17-6-5-7-18(10-17)26(30)31)12-21-23(28)25(24(29)35-21)13-22(27)34-15(2)3/h5-12,15H,4,13-14H2,1-3H3/b21-12-. The second kappa shape index (κ2) is 11.5. The summed E-state index contributed by atoms with van der Waals surface area (Å²) in [5.74, 6) is -0.413. The molecule has 0 aromatic heterocycles. The van der Waals surface area contributed by atoms with Crippen molar-refractivity contribution >= 4 is 40.6 Å². The first kappa shape index (κ1) is 25.8. The second-order valence-electron chi connectivity index (χ2n) is 7.66. The molecule has 184 valence electrons. The Balaban J connectivity index is 1.75. The third-order valence-electron chi connectivity index (χ3n) is 4.61. The van der Waals surface area contributed by atoms with E-state index < -0.39 is 28.6 Å². The number of non-ortho nitro benzene ring substituents is 1. The fraction of sp³-hybridized carbons (Fsp3) is 0.292. The molecule has 0 atom stereocenters. The second-order valence-corrected chi connectivity index (χ2v) is 8.65. The van der Waals surface area contributed by atoms with Gasteiger partial charge in [-0.05, 0) is 61.9 Å². The summed E-state index contributed by atoms with van der Waals surface area (Å²) < 4.78 is 16.5. The molecule has 0 unspecified atom stereocenters. The highest BCUT2D eigenvalue weighted by Gasteiger charge is 2.36. The topological polar surface area (TPSA) is 125 Å². The van der Waals surface area contributed by atoms with E-state index in [2.05, 4.69) is 0 Å². The fourth-order valence-electron chi connectivity index (χ4n) is 3.14. The molecule has 11 heteroatoms. The summed E-state index contributed by atoms with van der Waals surface area (Å²) >= 11 is 0.736. The lowest BCUT2D eigenvalue weighted by atomic mass is 10.1. The summed E-state index contributed by atoms with van der Waals surface area (Å²) in [5, 5.41) is 10.4. The van der Waals surface area contributed by atoms with Crippen LogP contribution in [0.4, 0.5) is 10.5 Å². The number of rotatable bonds is 10. The summed E-state index contributed by atoms with van der Waals surface area (Å²) in [5.41, 5.74) is 1.18. The van der Waals surface area contributed by atoms with Crippen molar-refractivity contribution in [1.82, 2.24) is 4.90 Å². The minimum absolute atomic E-state index is 0.0297. The van der Waals surface area contributed by atoms with Crippen LogP contribution in [0.15, 0.2) is 47.4 Å². The molecular weight excluding hydrogens is 476 g/mol. The number of hydrogen-bond acceptors (Lipinski definition) is 9. The van der Waals surface area contributed by atoms with E-state index in [0.29, 0.717) is 29.2 Å². The molecule has 1 aliphatic heterocycles. The number of benzene rings is 2. The lowest BCUT2D eigenvalue weighted by molar-refractivity contribution is -0.384. The maximum atomic E-state index is 12.7. The zero-order chi connectivity index (χ0) is 25.5. The van der Waals surface area contributed by atoms with Crippen molar-refractivity contribution in [1.29, 1.82) is 0 Å². The van der Waals surface area contributed by atoms with Gasteiger partial charge in [0.15, 0.2) is 11.5 Å². The highest BCUT2D eigenvalue weighted by molar-refractivity contribution is 8.18. The number of carbonyl (C=O) groups is 3. The van der Waals surface area contributed by atoms with Gasteiger partial charge in [0.25, 0.3) is 16.8 Å². The van der Waals surface area contributed by atoms with Crippen LogP contribution >= 0.6 is 11.8 Å². The average molecular weight is 501 g/mol. The first-order valence-corrected chi connectivity index (χ1v) is 11.6. The van der Waals surface area contributed by atoms with E-state index in [4.69, 9.17) is 14.2 Å². The van der Waals surface area contributed by atoms with E-state index in [0.717, 1.165) is 16.7 Å². The minimum Gasteiger partial charge on any atom is -0.490 e. The highest BCUT2D eigenvalue weighted by atomic mass is 32.2. The molecule has 10 nitrogen and oxygen atoms in total. The van der Waals surface area contributed by atoms with E-state index >= 15 is 0 Å². The molecule has 0 N–H and O–H groups in total. The summed E-state index contributed by atoms with van der Waals surface area (Å²) in [4.78, 5) is 48.3. The molecule has 1 fully saturated rings. The van der Waals surface area contributed by atoms with E-state index in [1.54, 1.807) is 51.1 Å². The normalized spacial score (nSPS) is 14.5.